The number of morpholine rings is 1. The molecule has 1 fully saturated rings. The van der Waals surface area contributed by atoms with Gasteiger partial charge < -0.3 is 14.6 Å². The van der Waals surface area contributed by atoms with Crippen LogP contribution in [0.3, 0.4) is 0 Å². The van der Waals surface area contributed by atoms with Gasteiger partial charge in [0.25, 0.3) is 5.91 Å². The van der Waals surface area contributed by atoms with E-state index in [0.29, 0.717) is 18.1 Å². The molecule has 3 heterocycles. The van der Waals surface area contributed by atoms with E-state index in [1.807, 2.05) is 33.9 Å². The standard InChI is InChI=1S/C17H23N5O2S/c1-10-9-18-11(2)14(10)12(3)20-21-16(23)15-13(4)19-17(25-15)22-5-7-24-8-6-22/h9,18H,5-8H2,1-4H3,(H,21,23)/b20-12+. The number of anilines is 1. The summed E-state index contributed by atoms with van der Waals surface area (Å²) in [5.74, 6) is -0.222. The quantitative estimate of drug-likeness (QED) is 0.647. The van der Waals surface area contributed by atoms with Crippen molar-refractivity contribution in [2.24, 2.45) is 5.10 Å². The Labute approximate surface area is 151 Å². The monoisotopic (exact) mass is 361 g/mol. The van der Waals surface area contributed by atoms with Crippen LogP contribution >= 0.6 is 11.3 Å². The van der Waals surface area contributed by atoms with Gasteiger partial charge in [-0.15, -0.1) is 0 Å². The second-order valence-electron chi connectivity index (χ2n) is 6.12. The lowest BCUT2D eigenvalue weighted by molar-refractivity contribution is 0.0958. The zero-order chi connectivity index (χ0) is 18.0. The largest absolute Gasteiger partial charge is 0.378 e. The SMILES string of the molecule is C/C(=N\NC(=O)c1sc(N2CCOCC2)nc1C)c1c(C)c[nH]c1C. The summed E-state index contributed by atoms with van der Waals surface area (Å²) in [6.07, 6.45) is 1.94. The van der Waals surface area contributed by atoms with Gasteiger partial charge in [0, 0.05) is 30.5 Å². The highest BCUT2D eigenvalue weighted by atomic mass is 32.1. The van der Waals surface area contributed by atoms with E-state index in [4.69, 9.17) is 4.74 Å². The van der Waals surface area contributed by atoms with Crippen LogP contribution in [0.1, 0.15) is 39.1 Å². The summed E-state index contributed by atoms with van der Waals surface area (Å²) >= 11 is 1.40. The lowest BCUT2D eigenvalue weighted by Gasteiger charge is -2.25. The molecule has 1 aliphatic rings. The molecule has 7 nitrogen and oxygen atoms in total. The summed E-state index contributed by atoms with van der Waals surface area (Å²) < 4.78 is 5.36. The molecule has 1 saturated heterocycles. The Morgan fingerprint density at radius 2 is 2.08 bits per heavy atom. The van der Waals surface area contributed by atoms with Crippen LogP contribution in [-0.4, -0.2) is 47.9 Å². The zero-order valence-electron chi connectivity index (χ0n) is 15.0. The molecule has 8 heteroatoms. The number of amides is 1. The van der Waals surface area contributed by atoms with Crippen molar-refractivity contribution in [2.45, 2.75) is 27.7 Å². The van der Waals surface area contributed by atoms with Gasteiger partial charge in [-0.2, -0.15) is 5.10 Å². The first-order chi connectivity index (χ1) is 12.0. The number of thiazole rings is 1. The highest BCUT2D eigenvalue weighted by molar-refractivity contribution is 7.17. The maximum absolute atomic E-state index is 12.5. The summed E-state index contributed by atoms with van der Waals surface area (Å²) in [7, 11) is 0. The number of rotatable bonds is 4. The van der Waals surface area contributed by atoms with Gasteiger partial charge in [0.1, 0.15) is 4.88 Å². The molecular formula is C17H23N5O2S. The van der Waals surface area contributed by atoms with Gasteiger partial charge in [0.2, 0.25) is 0 Å². The average Bonchev–Trinajstić information content (AvgIpc) is 3.16. The number of carbonyl (C=O) groups excluding carboxylic acids is 1. The van der Waals surface area contributed by atoms with Crippen LogP contribution in [0.2, 0.25) is 0 Å². The van der Waals surface area contributed by atoms with Crippen LogP contribution in [-0.2, 0) is 4.74 Å². The number of aromatic nitrogens is 2. The first-order valence-corrected chi connectivity index (χ1v) is 9.08. The lowest BCUT2D eigenvalue weighted by atomic mass is 10.1. The third-order valence-corrected chi connectivity index (χ3v) is 5.45. The van der Waals surface area contributed by atoms with Crippen molar-refractivity contribution in [3.63, 3.8) is 0 Å². The minimum absolute atomic E-state index is 0.222. The van der Waals surface area contributed by atoms with Crippen molar-refractivity contribution in [3.8, 4) is 0 Å². The number of aryl methyl sites for hydroxylation is 3. The fourth-order valence-electron chi connectivity index (χ4n) is 2.94. The maximum Gasteiger partial charge on any atom is 0.283 e. The number of ether oxygens (including phenoxy) is 1. The van der Waals surface area contributed by atoms with Crippen molar-refractivity contribution in [1.29, 1.82) is 0 Å². The van der Waals surface area contributed by atoms with E-state index < -0.39 is 0 Å². The molecule has 3 rings (SSSR count). The molecule has 1 aliphatic heterocycles. The van der Waals surface area contributed by atoms with Crippen LogP contribution in [0.5, 0.6) is 0 Å². The maximum atomic E-state index is 12.5. The number of nitrogens with zero attached hydrogens (tertiary/aromatic N) is 3. The topological polar surface area (TPSA) is 82.6 Å². The van der Waals surface area contributed by atoms with Crippen molar-refractivity contribution in [1.82, 2.24) is 15.4 Å². The molecule has 134 valence electrons. The number of hydrogen-bond acceptors (Lipinski definition) is 6. The molecule has 0 bridgehead atoms. The van der Waals surface area contributed by atoms with Crippen molar-refractivity contribution >= 4 is 28.1 Å². The molecule has 0 aromatic carbocycles. The molecule has 0 aliphatic carbocycles. The molecule has 1 amide bonds. The molecule has 25 heavy (non-hydrogen) atoms. The van der Waals surface area contributed by atoms with Crippen LogP contribution in [0.15, 0.2) is 11.3 Å². The van der Waals surface area contributed by atoms with Gasteiger partial charge in [-0.3, -0.25) is 4.79 Å². The van der Waals surface area contributed by atoms with E-state index in [-0.39, 0.29) is 5.91 Å². The predicted octanol–water partition coefficient (Wildman–Crippen LogP) is 2.39. The van der Waals surface area contributed by atoms with E-state index in [1.54, 1.807) is 0 Å². The number of hydrogen-bond donors (Lipinski definition) is 2. The number of hydrazone groups is 1. The van der Waals surface area contributed by atoms with Gasteiger partial charge in [0.05, 0.1) is 24.6 Å². The minimum atomic E-state index is -0.222. The molecule has 0 radical (unpaired) electrons. The van der Waals surface area contributed by atoms with E-state index in [1.165, 1.54) is 11.3 Å². The van der Waals surface area contributed by atoms with Crippen molar-refractivity contribution < 1.29 is 9.53 Å². The Bertz CT molecular complexity index is 783. The first-order valence-electron chi connectivity index (χ1n) is 8.27. The zero-order valence-corrected chi connectivity index (χ0v) is 15.8. The molecule has 2 N–H and O–H groups in total. The Balaban J connectivity index is 1.73. The van der Waals surface area contributed by atoms with Crippen LogP contribution in [0.4, 0.5) is 5.13 Å². The molecule has 2 aromatic heterocycles. The number of aromatic amines is 1. The third-order valence-electron chi connectivity index (χ3n) is 4.23. The first kappa shape index (κ1) is 17.6. The highest BCUT2D eigenvalue weighted by Crippen LogP contribution is 2.26. The molecule has 0 saturated carbocycles. The van der Waals surface area contributed by atoms with Crippen molar-refractivity contribution in [3.05, 3.63) is 33.6 Å². The summed E-state index contributed by atoms with van der Waals surface area (Å²) in [6.45, 7) is 10.7. The average molecular weight is 361 g/mol. The second-order valence-corrected chi connectivity index (χ2v) is 7.10. The summed E-state index contributed by atoms with van der Waals surface area (Å²) in [5, 5.41) is 5.13. The Kier molecular flexibility index (Phi) is 5.19. The minimum Gasteiger partial charge on any atom is -0.378 e. The van der Waals surface area contributed by atoms with E-state index in [2.05, 4.69) is 25.4 Å². The molecule has 0 spiro atoms. The number of carbonyl (C=O) groups is 1. The number of nitrogens with one attached hydrogen (secondary N) is 2. The lowest BCUT2D eigenvalue weighted by Crippen LogP contribution is -2.36. The highest BCUT2D eigenvalue weighted by Gasteiger charge is 2.20. The fourth-order valence-corrected chi connectivity index (χ4v) is 3.95. The molecule has 2 aromatic rings. The second kappa shape index (κ2) is 7.37. The summed E-state index contributed by atoms with van der Waals surface area (Å²) in [5.41, 5.74) is 7.35. The molecule has 0 atom stereocenters. The van der Waals surface area contributed by atoms with E-state index in [9.17, 15) is 4.79 Å². The van der Waals surface area contributed by atoms with Gasteiger partial charge in [-0.05, 0) is 33.3 Å². The fraction of sp³-hybridized carbons (Fsp3) is 0.471. The van der Waals surface area contributed by atoms with Gasteiger partial charge in [0.15, 0.2) is 5.13 Å². The van der Waals surface area contributed by atoms with Gasteiger partial charge >= 0.3 is 0 Å². The Morgan fingerprint density at radius 1 is 1.36 bits per heavy atom. The van der Waals surface area contributed by atoms with Crippen LogP contribution < -0.4 is 10.3 Å². The number of H-pyrrole nitrogens is 1. The molecule has 0 unspecified atom stereocenters. The van der Waals surface area contributed by atoms with Crippen molar-refractivity contribution in [2.75, 3.05) is 31.2 Å². The van der Waals surface area contributed by atoms with E-state index >= 15 is 0 Å². The van der Waals surface area contributed by atoms with Gasteiger partial charge in [-0.25, -0.2) is 10.4 Å². The van der Waals surface area contributed by atoms with Crippen LogP contribution in [0.25, 0.3) is 0 Å². The van der Waals surface area contributed by atoms with Crippen LogP contribution in [0, 0.1) is 20.8 Å². The normalized spacial score (nSPS) is 15.5. The summed E-state index contributed by atoms with van der Waals surface area (Å²) in [4.78, 5) is 23.0. The molecular weight excluding hydrogens is 338 g/mol. The van der Waals surface area contributed by atoms with E-state index in [0.717, 1.165) is 46.4 Å². The Morgan fingerprint density at radius 3 is 2.72 bits per heavy atom. The summed E-state index contributed by atoms with van der Waals surface area (Å²) in [6, 6.07) is 0. The third kappa shape index (κ3) is 3.74. The predicted molar refractivity (Wildman–Crippen MR) is 99.8 cm³/mol. The Hall–Kier alpha value is -2.19. The van der Waals surface area contributed by atoms with Gasteiger partial charge in [-0.1, -0.05) is 11.3 Å². The smallest absolute Gasteiger partial charge is 0.283 e.